The van der Waals surface area contributed by atoms with Crippen LogP contribution < -0.4 is 17.0 Å². The van der Waals surface area contributed by atoms with E-state index in [0.29, 0.717) is 10.9 Å². The van der Waals surface area contributed by atoms with E-state index >= 15 is 8.78 Å². The molecule has 1 heterocycles. The highest BCUT2D eigenvalue weighted by Gasteiger charge is 2.45. The second-order valence-corrected chi connectivity index (χ2v) is 7.99. The summed E-state index contributed by atoms with van der Waals surface area (Å²) in [6.45, 7) is 1.39. The number of hydrogen-bond acceptors (Lipinski definition) is 4. The summed E-state index contributed by atoms with van der Waals surface area (Å²) < 4.78 is 70.7. The minimum absolute atomic E-state index is 0.0281. The fraction of sp³-hybridized carbons (Fsp3) is 0.238. The van der Waals surface area contributed by atoms with E-state index in [0.717, 1.165) is 35.1 Å². The fourth-order valence-corrected chi connectivity index (χ4v) is 3.91. The quantitative estimate of drug-likeness (QED) is 0.143. The van der Waals surface area contributed by atoms with Crippen LogP contribution in [0.5, 0.6) is 0 Å². The Morgan fingerprint density at radius 2 is 1.81 bits per heavy atom. The van der Waals surface area contributed by atoms with Gasteiger partial charge in [-0.1, -0.05) is 23.8 Å². The molecular weight excluding hydrogens is 448 g/mol. The van der Waals surface area contributed by atoms with Crippen molar-refractivity contribution in [1.29, 1.82) is 0 Å². The first-order valence-electron chi connectivity index (χ1n) is 9.40. The molecule has 3 rings (SSSR count). The number of aryl methyl sites for hydroxylation is 1. The topological polar surface area (TPSA) is 80.5 Å². The molecule has 0 spiro atoms. The molecule has 3 aromatic rings. The van der Waals surface area contributed by atoms with Crippen molar-refractivity contribution in [3.05, 3.63) is 70.9 Å². The van der Waals surface area contributed by atoms with E-state index in [2.05, 4.69) is 19.3 Å². The molecule has 0 radical (unpaired) electrons. The first kappa shape index (κ1) is 23.8. The van der Waals surface area contributed by atoms with Gasteiger partial charge in [-0.2, -0.15) is 27.1 Å². The number of pyridine rings is 1. The van der Waals surface area contributed by atoms with Gasteiger partial charge in [-0.15, -0.1) is 9.24 Å². The third-order valence-corrected chi connectivity index (χ3v) is 5.52. The Morgan fingerprint density at radius 3 is 2.44 bits per heavy atom. The maximum atomic E-state index is 15.8. The van der Waals surface area contributed by atoms with Gasteiger partial charge in [0.05, 0.1) is 17.0 Å². The molecule has 1 aromatic heterocycles. The average Bonchev–Trinajstić information content (AvgIpc) is 2.71. The van der Waals surface area contributed by atoms with Crippen molar-refractivity contribution in [2.45, 2.75) is 24.9 Å². The normalized spacial score (nSPS) is 13.6. The molecule has 4 N–H and O–H groups in total. The number of hydrogen-bond donors (Lipinski definition) is 2. The Hall–Kier alpha value is -2.84. The highest BCUT2D eigenvalue weighted by Crippen LogP contribution is 2.42. The van der Waals surface area contributed by atoms with Gasteiger partial charge < -0.3 is 5.84 Å². The van der Waals surface area contributed by atoms with Crippen LogP contribution in [0.2, 0.25) is 0 Å². The van der Waals surface area contributed by atoms with Crippen LogP contribution >= 0.6 is 9.24 Å². The summed E-state index contributed by atoms with van der Waals surface area (Å²) in [7, 11) is 2.09. The van der Waals surface area contributed by atoms with Crippen molar-refractivity contribution in [1.82, 2.24) is 9.99 Å². The van der Waals surface area contributed by atoms with E-state index in [4.69, 9.17) is 11.7 Å². The van der Waals surface area contributed by atoms with Gasteiger partial charge in [0.25, 0.3) is 5.92 Å². The first-order chi connectivity index (χ1) is 14.9. The number of nitrogens with two attached hydrogens (primary N) is 2. The molecule has 0 aliphatic heterocycles. The van der Waals surface area contributed by atoms with Crippen LogP contribution in [0.1, 0.15) is 28.3 Å². The maximum Gasteiger partial charge on any atom is 0.416 e. The lowest BCUT2D eigenvalue weighted by Gasteiger charge is -2.31. The Kier molecular flexibility index (Phi) is 6.67. The molecule has 0 saturated carbocycles. The molecular formula is C21H21F5N5P. The highest BCUT2D eigenvalue weighted by atomic mass is 31.0. The van der Waals surface area contributed by atoms with Gasteiger partial charge in [0.2, 0.25) is 0 Å². The zero-order valence-corrected chi connectivity index (χ0v) is 18.1. The maximum absolute atomic E-state index is 15.8. The van der Waals surface area contributed by atoms with Crippen molar-refractivity contribution >= 4 is 31.8 Å². The molecule has 0 amide bonds. The van der Waals surface area contributed by atoms with Crippen LogP contribution in [0.25, 0.3) is 10.9 Å². The van der Waals surface area contributed by atoms with Crippen LogP contribution in [0, 0.1) is 6.92 Å². The predicted molar refractivity (Wildman–Crippen MR) is 117 cm³/mol. The summed E-state index contributed by atoms with van der Waals surface area (Å²) in [6, 6.07) is 10.5. The van der Waals surface area contributed by atoms with Crippen LogP contribution in [-0.2, 0) is 12.1 Å². The van der Waals surface area contributed by atoms with Gasteiger partial charge in [-0.25, -0.2) is 10.8 Å². The molecule has 0 aliphatic rings. The number of fused-ring (bicyclic) bond motifs is 1. The zero-order chi connectivity index (χ0) is 23.7. The second-order valence-electron chi connectivity index (χ2n) is 7.37. The zero-order valence-electron chi connectivity index (χ0n) is 16.9. The molecule has 0 aliphatic carbocycles. The molecule has 0 fully saturated rings. The largest absolute Gasteiger partial charge is 0.416 e. The van der Waals surface area contributed by atoms with Gasteiger partial charge in [0, 0.05) is 11.9 Å². The minimum Gasteiger partial charge on any atom is -0.322 e. The van der Waals surface area contributed by atoms with Crippen molar-refractivity contribution < 1.29 is 22.0 Å². The third kappa shape index (κ3) is 4.97. The van der Waals surface area contributed by atoms with Gasteiger partial charge >= 0.3 is 6.18 Å². The van der Waals surface area contributed by atoms with E-state index < -0.39 is 35.8 Å². The summed E-state index contributed by atoms with van der Waals surface area (Å²) in [4.78, 5) is 4.12. The summed E-state index contributed by atoms with van der Waals surface area (Å²) in [5, 5.41) is 4.73. The Labute approximate surface area is 183 Å². The lowest BCUT2D eigenvalue weighted by atomic mass is 9.89. The monoisotopic (exact) mass is 469 g/mol. The number of alkyl halides is 5. The van der Waals surface area contributed by atoms with Crippen molar-refractivity contribution in [3.63, 3.8) is 0 Å². The van der Waals surface area contributed by atoms with E-state index in [1.807, 2.05) is 13.0 Å². The lowest BCUT2D eigenvalue weighted by molar-refractivity contribution is -0.137. The molecule has 2 atom stereocenters. The number of benzene rings is 2. The lowest BCUT2D eigenvalue weighted by Crippen LogP contribution is -2.41. The standard InChI is InChI=1S/C21H21F5N5P/c1-12-2-6-17-13(8-12)3-7-19(30-17)20(22,23)16(10-31(28)11-29-27)15-5-4-14(9-18(15)32)21(24,25)26/h2-9,11,16H,10,27-28,32H2,1H3/b29-11-. The SMILES string of the molecule is Cc1ccc2nc(C(F)(F)C(CN(N)/C=N\N)c3ccc(C(F)(F)F)cc3P)ccc2c1. The molecule has 11 heteroatoms. The summed E-state index contributed by atoms with van der Waals surface area (Å²) >= 11 is 0. The number of aromatic nitrogens is 1. The van der Waals surface area contributed by atoms with Crippen LogP contribution in [0.4, 0.5) is 22.0 Å². The number of rotatable bonds is 6. The molecule has 170 valence electrons. The van der Waals surface area contributed by atoms with E-state index in [9.17, 15) is 13.2 Å². The van der Waals surface area contributed by atoms with Crippen molar-refractivity contribution in [2.75, 3.05) is 6.54 Å². The number of nitrogens with zero attached hydrogens (tertiary/aromatic N) is 3. The third-order valence-electron chi connectivity index (χ3n) is 5.02. The first-order valence-corrected chi connectivity index (χ1v) is 9.98. The smallest absolute Gasteiger partial charge is 0.322 e. The summed E-state index contributed by atoms with van der Waals surface area (Å²) in [5.41, 5.74) is -0.173. The van der Waals surface area contributed by atoms with Gasteiger partial charge in [0.1, 0.15) is 12.0 Å². The van der Waals surface area contributed by atoms with E-state index in [-0.39, 0.29) is 10.9 Å². The van der Waals surface area contributed by atoms with E-state index in [1.165, 1.54) is 12.1 Å². The van der Waals surface area contributed by atoms with Crippen molar-refractivity contribution in [2.24, 2.45) is 16.8 Å². The van der Waals surface area contributed by atoms with Crippen molar-refractivity contribution in [3.8, 4) is 0 Å². The van der Waals surface area contributed by atoms with Gasteiger partial charge in [-0.05, 0) is 48.1 Å². The van der Waals surface area contributed by atoms with Crippen LogP contribution in [-0.4, -0.2) is 22.9 Å². The van der Waals surface area contributed by atoms with E-state index in [1.54, 1.807) is 12.1 Å². The molecule has 0 saturated heterocycles. The average molecular weight is 469 g/mol. The van der Waals surface area contributed by atoms with Gasteiger partial charge in [-0.3, -0.25) is 5.01 Å². The Bertz CT molecular complexity index is 1150. The van der Waals surface area contributed by atoms with Gasteiger partial charge in [0.15, 0.2) is 0 Å². The minimum atomic E-state index is -4.61. The summed E-state index contributed by atoms with van der Waals surface area (Å²) in [6.07, 6.45) is -3.65. The van der Waals surface area contributed by atoms with Crippen LogP contribution in [0.15, 0.2) is 53.6 Å². The molecule has 2 unspecified atom stereocenters. The second kappa shape index (κ2) is 8.96. The Morgan fingerprint density at radius 1 is 1.09 bits per heavy atom. The fourth-order valence-electron chi connectivity index (χ4n) is 3.43. The molecule has 2 aromatic carbocycles. The van der Waals surface area contributed by atoms with Crippen LogP contribution in [0.3, 0.4) is 0 Å². The summed E-state index contributed by atoms with van der Waals surface area (Å²) in [5.74, 6) is 5.55. The molecule has 0 bridgehead atoms. The molecule has 5 nitrogen and oxygen atoms in total. The number of hydrazone groups is 1. The number of halogens is 5. The number of hydrazine groups is 1. The highest BCUT2D eigenvalue weighted by molar-refractivity contribution is 7.27. The molecule has 32 heavy (non-hydrogen) atoms. The predicted octanol–water partition coefficient (Wildman–Crippen LogP) is 4.02. The Balaban J connectivity index is 2.11.